The summed E-state index contributed by atoms with van der Waals surface area (Å²) in [6.45, 7) is 0. The van der Waals surface area contributed by atoms with Crippen LogP contribution in [0.15, 0.2) is 30.3 Å². The van der Waals surface area contributed by atoms with Crippen LogP contribution in [0.1, 0.15) is 106 Å². The average molecular weight is 631 g/mol. The molecule has 0 saturated heterocycles. The molecule has 0 heterocycles. The third kappa shape index (κ3) is 8.94. The van der Waals surface area contributed by atoms with Gasteiger partial charge in [-0.3, -0.25) is 0 Å². The summed E-state index contributed by atoms with van der Waals surface area (Å²) in [6.07, 6.45) is 23.6. The van der Waals surface area contributed by atoms with Crippen molar-refractivity contribution in [2.75, 3.05) is 0 Å². The van der Waals surface area contributed by atoms with Crippen LogP contribution in [0.25, 0.3) is 0 Å². The van der Waals surface area contributed by atoms with Crippen LogP contribution >= 0.6 is 39.8 Å². The molecule has 3 aliphatic carbocycles. The number of benzene rings is 1. The van der Waals surface area contributed by atoms with E-state index in [1.807, 2.05) is 18.2 Å². The minimum atomic E-state index is 0. The van der Waals surface area contributed by atoms with Gasteiger partial charge in [0, 0.05) is 19.5 Å². The molecular weight excluding hydrogens is 592 g/mol. The molecule has 4 heteroatoms. The molecule has 166 valence electrons. The van der Waals surface area contributed by atoms with Crippen molar-refractivity contribution in [3.8, 4) is 0 Å². The maximum atomic E-state index is 3.40. The third-order valence-corrected chi connectivity index (χ3v) is 12.2. The number of alkyl halides is 2. The van der Waals surface area contributed by atoms with E-state index < -0.39 is 0 Å². The first-order valence-corrected chi connectivity index (χ1v) is 15.2. The summed E-state index contributed by atoms with van der Waals surface area (Å²) in [5.41, 5.74) is 4.82. The number of halogens is 2. The van der Waals surface area contributed by atoms with Gasteiger partial charge in [-0.15, -0.1) is 0 Å². The van der Waals surface area contributed by atoms with E-state index in [4.69, 9.17) is 0 Å². The van der Waals surface area contributed by atoms with Crippen LogP contribution in [0.5, 0.6) is 0 Å². The van der Waals surface area contributed by atoms with Gasteiger partial charge in [-0.2, -0.15) is 0 Å². The summed E-state index contributed by atoms with van der Waals surface area (Å²) in [5, 5.41) is 0. The van der Waals surface area contributed by atoms with Gasteiger partial charge in [0.25, 0.3) is 0 Å². The summed E-state index contributed by atoms with van der Waals surface area (Å²) in [7, 11) is 0.385. The Morgan fingerprint density at radius 2 is 0.931 bits per heavy atom. The largest absolute Gasteiger partial charge is 0.0971 e. The van der Waals surface area contributed by atoms with Gasteiger partial charge in [-0.05, 0) is 61.1 Å². The van der Waals surface area contributed by atoms with Gasteiger partial charge in [0.05, 0.1) is 3.74 Å². The molecule has 4 rings (SSSR count). The quantitative estimate of drug-likeness (QED) is 0.176. The van der Waals surface area contributed by atoms with E-state index in [2.05, 4.69) is 44.0 Å². The maximum Gasteiger partial charge on any atom is 0.0946 e. The average Bonchev–Trinajstić information content (AvgIpc) is 2.77. The fraction of sp³-hybridized carbons (Fsp3) is 0.760. The molecule has 29 heavy (non-hydrogen) atoms. The van der Waals surface area contributed by atoms with Crippen LogP contribution in [0.4, 0.5) is 0 Å². The summed E-state index contributed by atoms with van der Waals surface area (Å²) >= 11 is 6.80. The Labute approximate surface area is 210 Å². The predicted octanol–water partition coefficient (Wildman–Crippen LogP) is 9.94. The van der Waals surface area contributed by atoms with Crippen molar-refractivity contribution >= 4 is 39.8 Å². The molecule has 1 aromatic rings. The number of hydrogen-bond acceptors (Lipinski definition) is 0. The van der Waals surface area contributed by atoms with E-state index in [-0.39, 0.29) is 23.2 Å². The van der Waals surface area contributed by atoms with Gasteiger partial charge in [0.15, 0.2) is 0 Å². The smallest absolute Gasteiger partial charge is 0.0946 e. The van der Waals surface area contributed by atoms with Gasteiger partial charge in [-0.25, -0.2) is 0 Å². The summed E-state index contributed by atoms with van der Waals surface area (Å²) in [6, 6.07) is 10.2. The van der Waals surface area contributed by atoms with Crippen LogP contribution in [-0.2, 0) is 19.5 Å². The van der Waals surface area contributed by atoms with Gasteiger partial charge in [0.2, 0.25) is 0 Å². The van der Waals surface area contributed by atoms with Crippen molar-refractivity contribution in [2.24, 2.45) is 0 Å². The zero-order chi connectivity index (χ0) is 19.6. The summed E-state index contributed by atoms with van der Waals surface area (Å²) in [5.74, 6) is 0. The topological polar surface area (TPSA) is 0 Å². The summed E-state index contributed by atoms with van der Waals surface area (Å²) < 4.78 is 0.284. The number of rotatable bonds is 4. The van der Waals surface area contributed by atoms with E-state index in [0.29, 0.717) is 7.92 Å². The van der Waals surface area contributed by atoms with Crippen LogP contribution in [0.3, 0.4) is 0 Å². The Morgan fingerprint density at radius 3 is 1.21 bits per heavy atom. The molecule has 0 atom stereocenters. The van der Waals surface area contributed by atoms with Crippen molar-refractivity contribution in [3.63, 3.8) is 0 Å². The predicted molar refractivity (Wildman–Crippen MR) is 135 cm³/mol. The molecule has 0 N–H and O–H groups in total. The van der Waals surface area contributed by atoms with E-state index >= 15 is 0 Å². The Morgan fingerprint density at radius 1 is 0.586 bits per heavy atom. The standard InChI is InChI=1S/C18H33P.C7H6Br2.Ru/c1-4-10-16(11-5-1)19(17-12-6-2-7-13-17)18-14-8-3-9-15-18;8-7(9)6-4-2-1-3-5-6;/h16-18H,1-15H2;1-5,7H;. The van der Waals surface area contributed by atoms with Crippen LogP contribution in [0, 0.1) is 0 Å². The molecule has 0 radical (unpaired) electrons. The maximum absolute atomic E-state index is 3.40. The molecule has 0 amide bonds. The molecule has 0 nitrogen and oxygen atoms in total. The Balaban J connectivity index is 0.000000255. The molecule has 3 aliphatic rings. The second-order valence-corrected chi connectivity index (χ2v) is 15.2. The minimum Gasteiger partial charge on any atom is -0.0971 e. The molecule has 3 saturated carbocycles. The first-order valence-electron chi connectivity index (χ1n) is 11.9. The van der Waals surface area contributed by atoms with Crippen molar-refractivity contribution < 1.29 is 19.5 Å². The van der Waals surface area contributed by atoms with E-state index in [9.17, 15) is 0 Å². The molecule has 0 aromatic heterocycles. The zero-order valence-electron chi connectivity index (χ0n) is 17.9. The van der Waals surface area contributed by atoms with E-state index in [1.54, 1.807) is 77.0 Å². The first-order chi connectivity index (χ1) is 13.8. The van der Waals surface area contributed by atoms with Crippen molar-refractivity contribution in [2.45, 2.75) is 117 Å². The van der Waals surface area contributed by atoms with Gasteiger partial charge >= 0.3 is 0 Å². The normalized spacial score (nSPS) is 22.1. The van der Waals surface area contributed by atoms with Crippen molar-refractivity contribution in [3.05, 3.63) is 35.9 Å². The Kier molecular flexibility index (Phi) is 13.8. The van der Waals surface area contributed by atoms with E-state index in [1.165, 1.54) is 41.8 Å². The van der Waals surface area contributed by atoms with Gasteiger partial charge in [0.1, 0.15) is 0 Å². The fourth-order valence-corrected chi connectivity index (χ4v) is 10.9. The Bertz CT molecular complexity index is 478. The van der Waals surface area contributed by atoms with Crippen LogP contribution in [-0.4, -0.2) is 17.0 Å². The Hall–Kier alpha value is 1.23. The molecule has 0 aliphatic heterocycles. The van der Waals surface area contributed by atoms with E-state index in [0.717, 1.165) is 0 Å². The van der Waals surface area contributed by atoms with Gasteiger partial charge in [-0.1, -0.05) is 128 Å². The number of hydrogen-bond donors (Lipinski definition) is 0. The van der Waals surface area contributed by atoms with Gasteiger partial charge < -0.3 is 0 Å². The molecule has 0 bridgehead atoms. The second kappa shape index (κ2) is 15.1. The van der Waals surface area contributed by atoms with Crippen molar-refractivity contribution in [1.29, 1.82) is 0 Å². The zero-order valence-corrected chi connectivity index (χ0v) is 23.7. The molecular formula is C25H39Br2PRu. The SMILES string of the molecule is BrC(Br)c1ccccc1.C1CCC(P(C2CCCCC2)C2CCCCC2)CC1.[Ru]. The molecule has 3 fully saturated rings. The second-order valence-electron chi connectivity index (χ2n) is 9.03. The molecule has 1 aromatic carbocycles. The van der Waals surface area contributed by atoms with Crippen molar-refractivity contribution in [1.82, 2.24) is 0 Å². The minimum absolute atomic E-state index is 0. The van der Waals surface area contributed by atoms with Crippen LogP contribution in [0.2, 0.25) is 0 Å². The summed E-state index contributed by atoms with van der Waals surface area (Å²) in [4.78, 5) is 0. The van der Waals surface area contributed by atoms with Crippen LogP contribution < -0.4 is 0 Å². The monoisotopic (exact) mass is 630 g/mol. The molecule has 0 spiro atoms. The molecule has 0 unspecified atom stereocenters. The first kappa shape index (κ1) is 26.5. The third-order valence-electron chi connectivity index (χ3n) is 7.04. The fourth-order valence-electron chi connectivity index (χ4n) is 5.63.